The van der Waals surface area contributed by atoms with Crippen LogP contribution in [0.2, 0.25) is 0 Å². The van der Waals surface area contributed by atoms with E-state index >= 15 is 0 Å². The number of hydrogen-bond donors (Lipinski definition) is 0. The molecule has 0 aliphatic rings. The van der Waals surface area contributed by atoms with Gasteiger partial charge in [0, 0.05) is 16.4 Å². The van der Waals surface area contributed by atoms with E-state index in [1.807, 2.05) is 0 Å². The van der Waals surface area contributed by atoms with Gasteiger partial charge in [-0.05, 0) is 10.8 Å². The minimum Gasteiger partial charge on any atom is -0.217 e. The molecule has 0 saturated heterocycles. The van der Waals surface area contributed by atoms with Crippen LogP contribution in [0, 0.1) is 0 Å². The molecule has 0 aromatic carbocycles. The first-order chi connectivity index (χ1) is 4.62. The number of halogens is 2. The maximum Gasteiger partial charge on any atom is 0.202 e. The largest absolute Gasteiger partial charge is 0.217 e. The van der Waals surface area contributed by atoms with Crippen molar-refractivity contribution in [1.29, 1.82) is 0 Å². The Balaban J connectivity index is 3.65. The van der Waals surface area contributed by atoms with E-state index in [2.05, 4.69) is 31.9 Å². The maximum absolute atomic E-state index is 10.9. The van der Waals surface area contributed by atoms with Gasteiger partial charge in [0.25, 0.3) is 0 Å². The molecule has 0 unspecified atom stereocenters. The van der Waals surface area contributed by atoms with E-state index in [-0.39, 0.29) is 5.75 Å². The van der Waals surface area contributed by atoms with Gasteiger partial charge in [-0.1, -0.05) is 31.9 Å². The molecule has 0 radical (unpaired) electrons. The van der Waals surface area contributed by atoms with Crippen LogP contribution in [0.15, 0.2) is 0 Å². The van der Waals surface area contributed by atoms with Crippen molar-refractivity contribution in [2.45, 2.75) is 0 Å². The van der Waals surface area contributed by atoms with Crippen molar-refractivity contribution in [2.75, 3.05) is 22.2 Å². The van der Waals surface area contributed by atoms with Crippen molar-refractivity contribution < 1.29 is 8.42 Å². The van der Waals surface area contributed by atoms with Crippen LogP contribution in [0.4, 0.5) is 0 Å². The third-order valence-electron chi connectivity index (χ3n) is 0.667. The summed E-state index contributed by atoms with van der Waals surface area (Å²) in [5, 5.41) is 1.24. The van der Waals surface area contributed by atoms with E-state index in [1.54, 1.807) is 0 Å². The van der Waals surface area contributed by atoms with Crippen LogP contribution in [0.25, 0.3) is 0 Å². The molecule has 0 aromatic rings. The highest BCUT2D eigenvalue weighted by Gasteiger charge is 2.08. The summed E-state index contributed by atoms with van der Waals surface area (Å²) >= 11 is 6.23. The minimum atomic E-state index is -2.85. The highest BCUT2D eigenvalue weighted by Crippen LogP contribution is 2.13. The van der Waals surface area contributed by atoms with Gasteiger partial charge in [0.2, 0.25) is 8.87 Å². The molecule has 0 heterocycles. The second kappa shape index (κ2) is 5.85. The lowest BCUT2D eigenvalue weighted by atomic mass is 11.0. The highest BCUT2D eigenvalue weighted by molar-refractivity contribution is 9.09. The molecule has 2 nitrogen and oxygen atoms in total. The summed E-state index contributed by atoms with van der Waals surface area (Å²) in [6.07, 6.45) is 0. The van der Waals surface area contributed by atoms with Crippen LogP contribution in [0.1, 0.15) is 0 Å². The van der Waals surface area contributed by atoms with Gasteiger partial charge in [-0.3, -0.25) is 0 Å². The van der Waals surface area contributed by atoms with Crippen LogP contribution >= 0.6 is 42.7 Å². The van der Waals surface area contributed by atoms with E-state index in [0.29, 0.717) is 11.1 Å². The standard InChI is InChI=1S/C4H8Br2O2S2/c5-1-3-9-10(7,8)4-2-6/h1-4H2. The molecular weight excluding hydrogens is 304 g/mol. The third-order valence-corrected chi connectivity index (χ3v) is 6.02. The fourth-order valence-corrected chi connectivity index (χ4v) is 5.60. The summed E-state index contributed by atoms with van der Waals surface area (Å²) in [6.45, 7) is 0. The van der Waals surface area contributed by atoms with Gasteiger partial charge >= 0.3 is 0 Å². The quantitative estimate of drug-likeness (QED) is 0.574. The number of rotatable bonds is 5. The molecule has 0 fully saturated rings. The molecule has 0 aliphatic heterocycles. The molecule has 0 saturated carbocycles. The van der Waals surface area contributed by atoms with Gasteiger partial charge in [0.1, 0.15) is 0 Å². The van der Waals surface area contributed by atoms with Crippen molar-refractivity contribution in [3.05, 3.63) is 0 Å². The summed E-state index contributed by atoms with van der Waals surface area (Å²) in [7, 11) is -1.86. The molecule has 0 atom stereocenters. The van der Waals surface area contributed by atoms with Gasteiger partial charge in [0.05, 0.1) is 5.75 Å². The average Bonchev–Trinajstić information content (AvgIpc) is 1.84. The Hall–Kier alpha value is 1.26. The van der Waals surface area contributed by atoms with Gasteiger partial charge < -0.3 is 0 Å². The molecule has 0 aliphatic carbocycles. The molecule has 10 heavy (non-hydrogen) atoms. The van der Waals surface area contributed by atoms with Gasteiger partial charge in [-0.15, -0.1) is 0 Å². The summed E-state index contributed by atoms with van der Waals surface area (Å²) in [5.74, 6) is 0.833. The van der Waals surface area contributed by atoms with Crippen LogP contribution in [-0.4, -0.2) is 30.6 Å². The van der Waals surface area contributed by atoms with Gasteiger partial charge in [-0.2, -0.15) is 0 Å². The molecule has 0 rings (SSSR count). The molecule has 0 aromatic heterocycles. The second-order valence-corrected chi connectivity index (χ2v) is 7.45. The third kappa shape index (κ3) is 6.00. The zero-order valence-electron chi connectivity index (χ0n) is 5.22. The Morgan fingerprint density at radius 3 is 2.20 bits per heavy atom. The van der Waals surface area contributed by atoms with E-state index in [9.17, 15) is 8.42 Å². The van der Waals surface area contributed by atoms with Crippen LogP contribution < -0.4 is 0 Å². The van der Waals surface area contributed by atoms with E-state index in [1.165, 1.54) is 0 Å². The van der Waals surface area contributed by atoms with Crippen LogP contribution in [0.3, 0.4) is 0 Å². The topological polar surface area (TPSA) is 34.1 Å². The SMILES string of the molecule is O=S(=O)(CCBr)SCCBr. The van der Waals surface area contributed by atoms with Gasteiger partial charge in [-0.25, -0.2) is 8.42 Å². The molecule has 6 heteroatoms. The molecule has 0 bridgehead atoms. The normalized spacial score (nSPS) is 11.8. The maximum atomic E-state index is 10.9. The molecule has 62 valence electrons. The lowest BCUT2D eigenvalue weighted by Crippen LogP contribution is -2.02. The Labute approximate surface area is 81.7 Å². The van der Waals surface area contributed by atoms with Crippen molar-refractivity contribution in [3.63, 3.8) is 0 Å². The fourth-order valence-electron chi connectivity index (χ4n) is 0.312. The number of alkyl halides is 2. The fraction of sp³-hybridized carbons (Fsp3) is 1.00. The summed E-state index contributed by atoms with van der Waals surface area (Å²) in [4.78, 5) is 0. The van der Waals surface area contributed by atoms with Crippen LogP contribution in [-0.2, 0) is 8.87 Å². The Morgan fingerprint density at radius 1 is 1.20 bits per heavy atom. The van der Waals surface area contributed by atoms with E-state index < -0.39 is 8.87 Å². The van der Waals surface area contributed by atoms with Crippen LogP contribution in [0.5, 0.6) is 0 Å². The zero-order valence-corrected chi connectivity index (χ0v) is 10.0. The van der Waals surface area contributed by atoms with E-state index in [4.69, 9.17) is 0 Å². The summed E-state index contributed by atoms with van der Waals surface area (Å²) in [6, 6.07) is 0. The van der Waals surface area contributed by atoms with Crippen molar-refractivity contribution >= 4 is 51.5 Å². The second-order valence-electron chi connectivity index (χ2n) is 1.46. The first kappa shape index (κ1) is 11.3. The monoisotopic (exact) mass is 310 g/mol. The molecular formula is C4H8Br2O2S2. The van der Waals surface area contributed by atoms with Gasteiger partial charge in [0.15, 0.2) is 0 Å². The Kier molecular flexibility index (Phi) is 6.59. The summed E-state index contributed by atoms with van der Waals surface area (Å²) in [5.41, 5.74) is 0. The minimum absolute atomic E-state index is 0.213. The molecule has 0 N–H and O–H groups in total. The predicted octanol–water partition coefficient (Wildman–Crippen LogP) is 1.84. The Morgan fingerprint density at radius 2 is 1.80 bits per heavy atom. The predicted molar refractivity (Wildman–Crippen MR) is 53.8 cm³/mol. The van der Waals surface area contributed by atoms with E-state index in [0.717, 1.165) is 16.1 Å². The summed E-state index contributed by atoms with van der Waals surface area (Å²) < 4.78 is 21.8. The van der Waals surface area contributed by atoms with Crippen molar-refractivity contribution in [2.24, 2.45) is 0 Å². The number of hydrogen-bond acceptors (Lipinski definition) is 3. The first-order valence-corrected chi connectivity index (χ1v) is 8.01. The lowest BCUT2D eigenvalue weighted by Gasteiger charge is -1.97. The molecule has 0 spiro atoms. The highest BCUT2D eigenvalue weighted by atomic mass is 79.9. The Bertz CT molecular complexity index is 166. The lowest BCUT2D eigenvalue weighted by molar-refractivity contribution is 0.612. The average molecular weight is 312 g/mol. The van der Waals surface area contributed by atoms with Crippen molar-refractivity contribution in [1.82, 2.24) is 0 Å². The van der Waals surface area contributed by atoms with Crippen molar-refractivity contribution in [3.8, 4) is 0 Å². The smallest absolute Gasteiger partial charge is 0.202 e. The zero-order chi connectivity index (χ0) is 8.04. The molecule has 0 amide bonds. The first-order valence-electron chi connectivity index (χ1n) is 2.61.